The molecule has 0 aliphatic carbocycles. The lowest BCUT2D eigenvalue weighted by Crippen LogP contribution is -1.92. The van der Waals surface area contributed by atoms with E-state index in [1.807, 2.05) is 18.2 Å². The van der Waals surface area contributed by atoms with Crippen molar-refractivity contribution in [3.8, 4) is 0 Å². The Labute approximate surface area is 93.8 Å². The van der Waals surface area contributed by atoms with Gasteiger partial charge in [0.15, 0.2) is 0 Å². The standard InChI is InChI=1S/C10H11Cl3/c11-5-1-2-8-6-10(13)4-3-9(8)7-12/h3-4,6H,1-2,5,7H2. The Hall–Kier alpha value is 0.0900. The van der Waals surface area contributed by atoms with Crippen LogP contribution in [0.25, 0.3) is 0 Å². The van der Waals surface area contributed by atoms with Crippen LogP contribution in [0, 0.1) is 0 Å². The highest BCUT2D eigenvalue weighted by molar-refractivity contribution is 6.30. The maximum absolute atomic E-state index is 5.88. The summed E-state index contributed by atoms with van der Waals surface area (Å²) < 4.78 is 0. The van der Waals surface area contributed by atoms with Gasteiger partial charge >= 0.3 is 0 Å². The first-order valence-electron chi connectivity index (χ1n) is 4.17. The van der Waals surface area contributed by atoms with E-state index in [2.05, 4.69) is 0 Å². The van der Waals surface area contributed by atoms with Gasteiger partial charge in [-0.2, -0.15) is 0 Å². The van der Waals surface area contributed by atoms with E-state index >= 15 is 0 Å². The third-order valence-electron chi connectivity index (χ3n) is 1.89. The number of halogens is 3. The molecule has 0 aliphatic rings. The second-order valence-electron chi connectivity index (χ2n) is 2.84. The molecule has 1 rings (SSSR count). The Balaban J connectivity index is 2.81. The highest BCUT2D eigenvalue weighted by Gasteiger charge is 2.01. The molecule has 0 radical (unpaired) electrons. The molecule has 0 saturated carbocycles. The van der Waals surface area contributed by atoms with Gasteiger partial charge in [-0.1, -0.05) is 17.7 Å². The molecule has 13 heavy (non-hydrogen) atoms. The number of benzene rings is 1. The number of hydrogen-bond donors (Lipinski definition) is 0. The van der Waals surface area contributed by atoms with E-state index in [4.69, 9.17) is 34.8 Å². The Morgan fingerprint density at radius 3 is 2.46 bits per heavy atom. The monoisotopic (exact) mass is 236 g/mol. The van der Waals surface area contributed by atoms with E-state index in [1.165, 1.54) is 5.56 Å². The summed E-state index contributed by atoms with van der Waals surface area (Å²) in [6.45, 7) is 0. The Kier molecular flexibility index (Phi) is 4.93. The van der Waals surface area contributed by atoms with E-state index < -0.39 is 0 Å². The summed E-state index contributed by atoms with van der Waals surface area (Å²) >= 11 is 17.3. The Morgan fingerprint density at radius 2 is 1.85 bits per heavy atom. The fraction of sp³-hybridized carbons (Fsp3) is 0.400. The molecule has 0 aromatic heterocycles. The van der Waals surface area contributed by atoms with Crippen molar-refractivity contribution >= 4 is 34.8 Å². The minimum atomic E-state index is 0.536. The molecule has 0 fully saturated rings. The molecule has 0 bridgehead atoms. The van der Waals surface area contributed by atoms with Crippen LogP contribution < -0.4 is 0 Å². The molecule has 0 unspecified atom stereocenters. The van der Waals surface area contributed by atoms with Gasteiger partial charge in [-0.25, -0.2) is 0 Å². The van der Waals surface area contributed by atoms with Crippen LogP contribution in [0.1, 0.15) is 17.5 Å². The van der Waals surface area contributed by atoms with Gasteiger partial charge in [-0.3, -0.25) is 0 Å². The molecule has 0 saturated heterocycles. The van der Waals surface area contributed by atoms with Crippen molar-refractivity contribution in [2.45, 2.75) is 18.7 Å². The predicted molar refractivity (Wildman–Crippen MR) is 60.1 cm³/mol. The topological polar surface area (TPSA) is 0 Å². The summed E-state index contributed by atoms with van der Waals surface area (Å²) in [5, 5.41) is 0.762. The summed E-state index contributed by atoms with van der Waals surface area (Å²) in [5.74, 6) is 1.21. The first kappa shape index (κ1) is 11.2. The number of alkyl halides is 2. The number of aryl methyl sites for hydroxylation is 1. The predicted octanol–water partition coefficient (Wildman–Crippen LogP) is 4.25. The van der Waals surface area contributed by atoms with E-state index in [1.54, 1.807) is 0 Å². The van der Waals surface area contributed by atoms with Gasteiger partial charge in [0, 0.05) is 16.8 Å². The maximum Gasteiger partial charge on any atom is 0.0476 e. The summed E-state index contributed by atoms with van der Waals surface area (Å²) in [5.41, 5.74) is 2.36. The number of hydrogen-bond acceptors (Lipinski definition) is 0. The van der Waals surface area contributed by atoms with E-state index in [0.29, 0.717) is 11.8 Å². The second-order valence-corrected chi connectivity index (χ2v) is 3.92. The normalized spacial score (nSPS) is 10.4. The smallest absolute Gasteiger partial charge is 0.0476 e. The molecule has 0 heterocycles. The Morgan fingerprint density at radius 1 is 1.08 bits per heavy atom. The van der Waals surface area contributed by atoms with Crippen LogP contribution >= 0.6 is 34.8 Å². The molecule has 3 heteroatoms. The van der Waals surface area contributed by atoms with Crippen LogP contribution in [-0.4, -0.2) is 5.88 Å². The van der Waals surface area contributed by atoms with Gasteiger partial charge in [0.1, 0.15) is 0 Å². The van der Waals surface area contributed by atoms with Crippen LogP contribution in [0.3, 0.4) is 0 Å². The summed E-state index contributed by atoms with van der Waals surface area (Å²) in [6, 6.07) is 5.80. The fourth-order valence-corrected chi connectivity index (χ4v) is 1.80. The Bertz CT molecular complexity index is 271. The minimum absolute atomic E-state index is 0.536. The third-order valence-corrected chi connectivity index (χ3v) is 2.68. The summed E-state index contributed by atoms with van der Waals surface area (Å²) in [7, 11) is 0. The largest absolute Gasteiger partial charge is 0.127 e. The van der Waals surface area contributed by atoms with Crippen molar-refractivity contribution in [1.82, 2.24) is 0 Å². The first-order chi connectivity index (χ1) is 6.27. The zero-order valence-corrected chi connectivity index (χ0v) is 9.46. The van der Waals surface area contributed by atoms with E-state index in [0.717, 1.165) is 23.4 Å². The number of rotatable bonds is 4. The summed E-state index contributed by atoms with van der Waals surface area (Å²) in [6.07, 6.45) is 1.91. The van der Waals surface area contributed by atoms with Crippen LogP contribution in [0.15, 0.2) is 18.2 Å². The lowest BCUT2D eigenvalue weighted by atomic mass is 10.0. The zero-order chi connectivity index (χ0) is 9.68. The minimum Gasteiger partial charge on any atom is -0.127 e. The molecule has 72 valence electrons. The average Bonchev–Trinajstić information content (AvgIpc) is 2.15. The lowest BCUT2D eigenvalue weighted by molar-refractivity contribution is 0.917. The van der Waals surface area contributed by atoms with Gasteiger partial charge < -0.3 is 0 Å². The fourth-order valence-electron chi connectivity index (χ4n) is 1.21. The van der Waals surface area contributed by atoms with Gasteiger partial charge in [-0.15, -0.1) is 23.2 Å². The molecule has 0 atom stereocenters. The molecule has 0 nitrogen and oxygen atoms in total. The second kappa shape index (κ2) is 5.74. The van der Waals surface area contributed by atoms with E-state index in [9.17, 15) is 0 Å². The molecule has 1 aromatic carbocycles. The van der Waals surface area contributed by atoms with E-state index in [-0.39, 0.29) is 0 Å². The van der Waals surface area contributed by atoms with Crippen LogP contribution in [0.4, 0.5) is 0 Å². The van der Waals surface area contributed by atoms with Crippen LogP contribution in [-0.2, 0) is 12.3 Å². The van der Waals surface area contributed by atoms with Crippen molar-refractivity contribution in [1.29, 1.82) is 0 Å². The van der Waals surface area contributed by atoms with Crippen molar-refractivity contribution < 1.29 is 0 Å². The van der Waals surface area contributed by atoms with Gasteiger partial charge in [-0.05, 0) is 36.1 Å². The van der Waals surface area contributed by atoms with Gasteiger partial charge in [0.05, 0.1) is 0 Å². The van der Waals surface area contributed by atoms with Crippen molar-refractivity contribution in [3.63, 3.8) is 0 Å². The molecule has 0 aliphatic heterocycles. The molecular formula is C10H11Cl3. The average molecular weight is 238 g/mol. The first-order valence-corrected chi connectivity index (χ1v) is 5.62. The van der Waals surface area contributed by atoms with Gasteiger partial charge in [0.25, 0.3) is 0 Å². The molecule has 0 N–H and O–H groups in total. The van der Waals surface area contributed by atoms with Crippen molar-refractivity contribution in [2.24, 2.45) is 0 Å². The molecule has 1 aromatic rings. The highest BCUT2D eigenvalue weighted by atomic mass is 35.5. The van der Waals surface area contributed by atoms with Gasteiger partial charge in [0.2, 0.25) is 0 Å². The third kappa shape index (κ3) is 3.38. The maximum atomic E-state index is 5.88. The lowest BCUT2D eigenvalue weighted by Gasteiger charge is -2.06. The highest BCUT2D eigenvalue weighted by Crippen LogP contribution is 2.19. The quantitative estimate of drug-likeness (QED) is 0.687. The van der Waals surface area contributed by atoms with Crippen molar-refractivity contribution in [3.05, 3.63) is 34.3 Å². The zero-order valence-electron chi connectivity index (χ0n) is 7.19. The molecule has 0 spiro atoms. The molecule has 0 amide bonds. The summed E-state index contributed by atoms with van der Waals surface area (Å²) in [4.78, 5) is 0. The van der Waals surface area contributed by atoms with Crippen LogP contribution in [0.2, 0.25) is 5.02 Å². The van der Waals surface area contributed by atoms with Crippen molar-refractivity contribution in [2.75, 3.05) is 5.88 Å². The van der Waals surface area contributed by atoms with Crippen LogP contribution in [0.5, 0.6) is 0 Å². The molecular weight excluding hydrogens is 226 g/mol. The SMILES string of the molecule is ClCCCc1cc(Cl)ccc1CCl.